The lowest BCUT2D eigenvalue weighted by Gasteiger charge is -2.17. The molecule has 5 nitrogen and oxygen atoms in total. The normalized spacial score (nSPS) is 10.9. The molecule has 1 N–H and O–H groups in total. The average molecular weight is 418 g/mol. The first-order valence-electron chi connectivity index (χ1n) is 9.13. The molecular weight excluding hydrogens is 394 g/mol. The molecule has 0 bridgehead atoms. The van der Waals surface area contributed by atoms with Gasteiger partial charge in [-0.3, -0.25) is 4.79 Å². The smallest absolute Gasteiger partial charge is 0.193 e. The molecule has 7 heteroatoms. The van der Waals surface area contributed by atoms with Crippen LogP contribution in [-0.4, -0.2) is 31.9 Å². The Bertz CT molecular complexity index is 976. The highest BCUT2D eigenvalue weighted by molar-refractivity contribution is 6.11. The first-order valence-corrected chi connectivity index (χ1v) is 9.13. The van der Waals surface area contributed by atoms with Crippen molar-refractivity contribution in [1.29, 1.82) is 0 Å². The Morgan fingerprint density at radius 3 is 2.47 bits per heavy atom. The van der Waals surface area contributed by atoms with E-state index in [2.05, 4.69) is 0 Å². The Hall–Kier alpha value is -3.19. The maximum Gasteiger partial charge on any atom is 0.193 e. The number of benzene rings is 2. The summed E-state index contributed by atoms with van der Waals surface area (Å²) < 4.78 is 42.6. The van der Waals surface area contributed by atoms with Crippen molar-refractivity contribution in [2.24, 2.45) is 0 Å². The van der Waals surface area contributed by atoms with Gasteiger partial charge in [0.15, 0.2) is 12.6 Å². The van der Waals surface area contributed by atoms with Gasteiger partial charge in [0.2, 0.25) is 0 Å². The molecule has 30 heavy (non-hydrogen) atoms. The van der Waals surface area contributed by atoms with Crippen molar-refractivity contribution in [2.45, 2.75) is 20.3 Å². The zero-order valence-corrected chi connectivity index (χ0v) is 17.3. The zero-order chi connectivity index (χ0) is 22.3. The first kappa shape index (κ1) is 23.1. The molecule has 0 unspecified atom stereocenters. The Morgan fingerprint density at radius 1 is 1.13 bits per heavy atom. The molecule has 0 aliphatic heterocycles. The number of phenolic OH excluding ortho intramolecular Hbond substituents is 1. The number of methoxy groups -OCH3 is 2. The van der Waals surface area contributed by atoms with Gasteiger partial charge >= 0.3 is 0 Å². The predicted molar refractivity (Wildman–Crippen MR) is 110 cm³/mol. The summed E-state index contributed by atoms with van der Waals surface area (Å²) in [6, 6.07) is 4.52. The Morgan fingerprint density at radius 2 is 1.87 bits per heavy atom. The van der Waals surface area contributed by atoms with E-state index in [1.165, 1.54) is 32.4 Å². The highest BCUT2D eigenvalue weighted by Gasteiger charge is 2.23. The minimum absolute atomic E-state index is 0.0352. The number of carbonyl (C=O) groups is 1. The molecule has 0 saturated carbocycles. The van der Waals surface area contributed by atoms with Crippen LogP contribution in [0.2, 0.25) is 0 Å². The largest absolute Gasteiger partial charge is 0.507 e. The standard InChI is InChI=1S/C23H24F2O5/c1-14(2)5-9-17-20(30-13-28-3)12-21(29-4)22(23(17)27)19(26)10-7-15-6-8-16(24)11-18(15)25/h5-8,10-12,27H,9,13H2,1-4H3/b10-7+. The molecule has 0 amide bonds. The Labute approximate surface area is 174 Å². The molecular formula is C23H24F2O5. The van der Waals surface area contributed by atoms with Crippen molar-refractivity contribution in [3.8, 4) is 17.2 Å². The molecule has 0 spiro atoms. The maximum atomic E-state index is 13.8. The van der Waals surface area contributed by atoms with Crippen LogP contribution >= 0.6 is 0 Å². The topological polar surface area (TPSA) is 65.0 Å². The van der Waals surface area contributed by atoms with E-state index in [1.54, 1.807) is 0 Å². The van der Waals surface area contributed by atoms with Gasteiger partial charge in [-0.1, -0.05) is 11.6 Å². The maximum absolute atomic E-state index is 13.8. The molecule has 160 valence electrons. The molecule has 0 saturated heterocycles. The Kier molecular flexibility index (Phi) is 8.12. The molecule has 0 aliphatic carbocycles. The van der Waals surface area contributed by atoms with Crippen LogP contribution in [0.3, 0.4) is 0 Å². The number of carbonyl (C=O) groups excluding carboxylic acids is 1. The number of ether oxygens (including phenoxy) is 3. The molecule has 0 fully saturated rings. The van der Waals surface area contributed by atoms with Crippen LogP contribution in [0.1, 0.15) is 35.3 Å². The lowest BCUT2D eigenvalue weighted by molar-refractivity contribution is 0.0502. The van der Waals surface area contributed by atoms with Crippen LogP contribution < -0.4 is 9.47 Å². The van der Waals surface area contributed by atoms with Crippen LogP contribution in [0.25, 0.3) is 6.08 Å². The number of phenols is 1. The molecule has 2 aromatic carbocycles. The molecule has 0 atom stereocenters. The van der Waals surface area contributed by atoms with Crippen LogP contribution in [0.4, 0.5) is 8.78 Å². The molecule has 2 rings (SSSR count). The summed E-state index contributed by atoms with van der Waals surface area (Å²) in [4.78, 5) is 12.8. The minimum Gasteiger partial charge on any atom is -0.507 e. The van der Waals surface area contributed by atoms with Crippen molar-refractivity contribution < 1.29 is 32.9 Å². The lowest BCUT2D eigenvalue weighted by atomic mass is 9.99. The summed E-state index contributed by atoms with van der Waals surface area (Å²) >= 11 is 0. The second kappa shape index (κ2) is 10.5. The van der Waals surface area contributed by atoms with E-state index >= 15 is 0 Å². The summed E-state index contributed by atoms with van der Waals surface area (Å²) in [6.07, 6.45) is 4.49. The van der Waals surface area contributed by atoms with E-state index in [9.17, 15) is 18.7 Å². The van der Waals surface area contributed by atoms with Crippen molar-refractivity contribution in [2.75, 3.05) is 21.0 Å². The van der Waals surface area contributed by atoms with E-state index in [0.717, 1.165) is 23.8 Å². The van der Waals surface area contributed by atoms with Crippen molar-refractivity contribution in [3.63, 3.8) is 0 Å². The molecule has 2 aromatic rings. The Balaban J connectivity index is 2.50. The van der Waals surface area contributed by atoms with E-state index < -0.39 is 17.4 Å². The number of hydrogen-bond donors (Lipinski definition) is 1. The van der Waals surface area contributed by atoms with Gasteiger partial charge in [0.25, 0.3) is 0 Å². The fourth-order valence-corrected chi connectivity index (χ4v) is 2.70. The second-order valence-electron chi connectivity index (χ2n) is 6.68. The second-order valence-corrected chi connectivity index (χ2v) is 6.68. The van der Waals surface area contributed by atoms with Crippen LogP contribution in [0.5, 0.6) is 17.2 Å². The van der Waals surface area contributed by atoms with Crippen LogP contribution in [0.15, 0.2) is 42.0 Å². The molecule has 0 heterocycles. The summed E-state index contributed by atoms with van der Waals surface area (Å²) in [5.41, 5.74) is 1.35. The van der Waals surface area contributed by atoms with Crippen molar-refractivity contribution in [3.05, 3.63) is 70.3 Å². The van der Waals surface area contributed by atoms with Gasteiger partial charge in [0, 0.05) is 30.4 Å². The highest BCUT2D eigenvalue weighted by Crippen LogP contribution is 2.40. The lowest BCUT2D eigenvalue weighted by Crippen LogP contribution is -2.07. The summed E-state index contributed by atoms with van der Waals surface area (Å²) in [7, 11) is 2.81. The third-order valence-corrected chi connectivity index (χ3v) is 4.22. The monoisotopic (exact) mass is 418 g/mol. The number of ketones is 1. The van der Waals surface area contributed by atoms with Gasteiger partial charge in [-0.05, 0) is 44.6 Å². The number of allylic oxidation sites excluding steroid dienone is 3. The number of aromatic hydroxyl groups is 1. The van der Waals surface area contributed by atoms with Gasteiger partial charge in [0.1, 0.15) is 34.4 Å². The molecule has 0 radical (unpaired) electrons. The van der Waals surface area contributed by atoms with E-state index in [4.69, 9.17) is 14.2 Å². The summed E-state index contributed by atoms with van der Waals surface area (Å²) in [5, 5.41) is 10.8. The minimum atomic E-state index is -0.803. The third-order valence-electron chi connectivity index (χ3n) is 4.22. The highest BCUT2D eigenvalue weighted by atomic mass is 19.1. The predicted octanol–water partition coefficient (Wildman–Crippen LogP) is 5.07. The van der Waals surface area contributed by atoms with Crippen LogP contribution in [-0.2, 0) is 11.2 Å². The van der Waals surface area contributed by atoms with Gasteiger partial charge in [-0.25, -0.2) is 8.78 Å². The van der Waals surface area contributed by atoms with Gasteiger partial charge in [-0.15, -0.1) is 0 Å². The van der Waals surface area contributed by atoms with E-state index in [-0.39, 0.29) is 29.4 Å². The number of halogens is 2. The summed E-state index contributed by atoms with van der Waals surface area (Å²) in [6.45, 7) is 3.76. The fourth-order valence-electron chi connectivity index (χ4n) is 2.70. The SMILES string of the molecule is COCOc1cc(OC)c(C(=O)/C=C/c2ccc(F)cc2F)c(O)c1CC=C(C)C. The van der Waals surface area contributed by atoms with Gasteiger partial charge in [0.05, 0.1) is 7.11 Å². The average Bonchev–Trinajstić information content (AvgIpc) is 2.69. The van der Waals surface area contributed by atoms with Gasteiger partial charge in [-0.2, -0.15) is 0 Å². The third kappa shape index (κ3) is 5.67. The number of hydrogen-bond acceptors (Lipinski definition) is 5. The number of rotatable bonds is 9. The van der Waals surface area contributed by atoms with E-state index in [1.807, 2.05) is 19.9 Å². The molecule has 0 aromatic heterocycles. The summed E-state index contributed by atoms with van der Waals surface area (Å²) in [5.74, 6) is -2.02. The first-order chi connectivity index (χ1) is 14.3. The van der Waals surface area contributed by atoms with E-state index in [0.29, 0.717) is 17.7 Å². The fraction of sp³-hybridized carbons (Fsp3) is 0.261. The zero-order valence-electron chi connectivity index (χ0n) is 17.3. The van der Waals surface area contributed by atoms with Crippen molar-refractivity contribution in [1.82, 2.24) is 0 Å². The quantitative estimate of drug-likeness (QED) is 0.267. The van der Waals surface area contributed by atoms with Gasteiger partial charge < -0.3 is 19.3 Å². The van der Waals surface area contributed by atoms with Crippen LogP contribution in [0, 0.1) is 11.6 Å². The van der Waals surface area contributed by atoms with Crippen molar-refractivity contribution >= 4 is 11.9 Å². The molecule has 0 aliphatic rings.